The van der Waals surface area contributed by atoms with Crippen molar-refractivity contribution in [3.63, 3.8) is 0 Å². The number of carbonyl (C=O) groups excluding carboxylic acids is 1. The van der Waals surface area contributed by atoms with E-state index in [1.54, 1.807) is 0 Å². The molecule has 2 aliphatic rings. The molecule has 6 nitrogen and oxygen atoms in total. The fourth-order valence-electron chi connectivity index (χ4n) is 4.85. The number of para-hydroxylation sites is 1. The van der Waals surface area contributed by atoms with Crippen LogP contribution < -0.4 is 10.1 Å². The van der Waals surface area contributed by atoms with Crippen molar-refractivity contribution in [2.75, 3.05) is 13.1 Å². The lowest BCUT2D eigenvalue weighted by Gasteiger charge is -2.42. The molecule has 2 aliphatic heterocycles. The molecule has 2 atom stereocenters. The van der Waals surface area contributed by atoms with E-state index in [1.165, 1.54) is 16.4 Å². The minimum absolute atomic E-state index is 0.0407. The van der Waals surface area contributed by atoms with Gasteiger partial charge in [-0.05, 0) is 56.0 Å². The van der Waals surface area contributed by atoms with Crippen LogP contribution in [0.5, 0.6) is 5.75 Å². The number of halogens is 1. The Morgan fingerprint density at radius 1 is 1.15 bits per heavy atom. The molecule has 0 saturated carbocycles. The van der Waals surface area contributed by atoms with Crippen LogP contribution in [0.4, 0.5) is 4.39 Å². The third kappa shape index (κ3) is 4.77. The second-order valence-corrected chi connectivity index (χ2v) is 10.9. The van der Waals surface area contributed by atoms with Gasteiger partial charge in [0, 0.05) is 25.1 Å². The van der Waals surface area contributed by atoms with Gasteiger partial charge in [-0.25, -0.2) is 12.8 Å². The molecule has 0 bridgehead atoms. The first-order valence-corrected chi connectivity index (χ1v) is 13.1. The Balaban J connectivity index is 1.51. The molecule has 4 rings (SSSR count). The number of rotatable bonds is 6. The maximum Gasteiger partial charge on any atom is 0.243 e. The van der Waals surface area contributed by atoms with Crippen molar-refractivity contribution in [3.8, 4) is 5.75 Å². The van der Waals surface area contributed by atoms with Crippen LogP contribution in [0.3, 0.4) is 0 Å². The number of ether oxygens (including phenoxy) is 1. The predicted octanol–water partition coefficient (Wildman–Crippen LogP) is 4.43. The molecular weight excluding hydrogens is 443 g/mol. The summed E-state index contributed by atoms with van der Waals surface area (Å²) in [5.41, 5.74) is 0.617. The number of nitrogens with zero attached hydrogens (tertiary/aromatic N) is 1. The van der Waals surface area contributed by atoms with E-state index in [-0.39, 0.29) is 29.0 Å². The van der Waals surface area contributed by atoms with E-state index in [0.29, 0.717) is 25.8 Å². The summed E-state index contributed by atoms with van der Waals surface area (Å²) < 4.78 is 47.0. The SMILES string of the molecule is CCC1(CC)C[C@H](NC(=O)[C@@H]2CCCN(S(=O)(=O)c3ccc(F)cc3)C2)c2ccccc2O1. The molecule has 0 spiro atoms. The minimum Gasteiger partial charge on any atom is -0.487 e. The molecule has 1 saturated heterocycles. The zero-order chi connectivity index (χ0) is 23.6. The Bertz CT molecular complexity index is 1100. The fourth-order valence-corrected chi connectivity index (χ4v) is 6.37. The van der Waals surface area contributed by atoms with E-state index >= 15 is 0 Å². The smallest absolute Gasteiger partial charge is 0.243 e. The van der Waals surface area contributed by atoms with E-state index in [4.69, 9.17) is 4.74 Å². The van der Waals surface area contributed by atoms with Gasteiger partial charge in [0.15, 0.2) is 0 Å². The molecule has 178 valence electrons. The summed E-state index contributed by atoms with van der Waals surface area (Å²) in [6, 6.07) is 12.4. The van der Waals surface area contributed by atoms with Crippen molar-refractivity contribution in [1.29, 1.82) is 0 Å². The monoisotopic (exact) mass is 474 g/mol. The molecule has 1 N–H and O–H groups in total. The highest BCUT2D eigenvalue weighted by Crippen LogP contribution is 2.42. The number of fused-ring (bicyclic) bond motifs is 1. The van der Waals surface area contributed by atoms with E-state index in [2.05, 4.69) is 19.2 Å². The number of nitrogens with one attached hydrogen (secondary N) is 1. The van der Waals surface area contributed by atoms with Crippen molar-refractivity contribution in [2.45, 2.75) is 62.5 Å². The number of amides is 1. The normalized spacial score (nSPS) is 22.8. The lowest BCUT2D eigenvalue weighted by Crippen LogP contribution is -2.49. The van der Waals surface area contributed by atoms with Gasteiger partial charge < -0.3 is 10.1 Å². The molecule has 2 heterocycles. The molecule has 0 radical (unpaired) electrons. The van der Waals surface area contributed by atoms with E-state index in [0.717, 1.165) is 36.3 Å². The fraction of sp³-hybridized carbons (Fsp3) is 0.480. The lowest BCUT2D eigenvalue weighted by atomic mass is 9.83. The molecule has 2 aromatic rings. The highest BCUT2D eigenvalue weighted by atomic mass is 32.2. The lowest BCUT2D eigenvalue weighted by molar-refractivity contribution is -0.127. The first kappa shape index (κ1) is 23.7. The van der Waals surface area contributed by atoms with Crippen LogP contribution in [0.15, 0.2) is 53.4 Å². The zero-order valence-electron chi connectivity index (χ0n) is 19.1. The first-order valence-electron chi connectivity index (χ1n) is 11.6. The summed E-state index contributed by atoms with van der Waals surface area (Å²) in [7, 11) is -3.79. The van der Waals surface area contributed by atoms with Crippen molar-refractivity contribution < 1.29 is 22.3 Å². The van der Waals surface area contributed by atoms with Crippen LogP contribution in [0.1, 0.15) is 57.6 Å². The summed E-state index contributed by atoms with van der Waals surface area (Å²) >= 11 is 0. The van der Waals surface area contributed by atoms with Gasteiger partial charge >= 0.3 is 0 Å². The molecular formula is C25H31FN2O4S. The van der Waals surface area contributed by atoms with Gasteiger partial charge in [0.2, 0.25) is 15.9 Å². The Kier molecular flexibility index (Phi) is 6.77. The quantitative estimate of drug-likeness (QED) is 0.672. The van der Waals surface area contributed by atoms with Crippen molar-refractivity contribution in [3.05, 3.63) is 59.9 Å². The maximum atomic E-state index is 13.3. The van der Waals surface area contributed by atoms with Gasteiger partial charge in [0.1, 0.15) is 17.2 Å². The van der Waals surface area contributed by atoms with Gasteiger partial charge in [-0.2, -0.15) is 4.31 Å². The van der Waals surface area contributed by atoms with Crippen LogP contribution in [-0.4, -0.2) is 37.3 Å². The van der Waals surface area contributed by atoms with Crippen LogP contribution in [0.2, 0.25) is 0 Å². The highest BCUT2D eigenvalue weighted by molar-refractivity contribution is 7.89. The number of piperidine rings is 1. The Morgan fingerprint density at radius 2 is 1.85 bits per heavy atom. The van der Waals surface area contributed by atoms with Gasteiger partial charge in [-0.15, -0.1) is 0 Å². The van der Waals surface area contributed by atoms with Gasteiger partial charge in [0.25, 0.3) is 0 Å². The third-order valence-electron chi connectivity index (χ3n) is 7.01. The number of carbonyl (C=O) groups is 1. The summed E-state index contributed by atoms with van der Waals surface area (Å²) in [6.07, 6.45) is 3.55. The van der Waals surface area contributed by atoms with E-state index < -0.39 is 21.8 Å². The van der Waals surface area contributed by atoms with Crippen molar-refractivity contribution >= 4 is 15.9 Å². The Hall–Kier alpha value is -2.45. The van der Waals surface area contributed by atoms with Gasteiger partial charge in [0.05, 0.1) is 16.9 Å². The molecule has 0 aliphatic carbocycles. The van der Waals surface area contributed by atoms with E-state index in [9.17, 15) is 17.6 Å². The largest absolute Gasteiger partial charge is 0.487 e. The van der Waals surface area contributed by atoms with Crippen molar-refractivity contribution in [2.24, 2.45) is 5.92 Å². The van der Waals surface area contributed by atoms with Crippen molar-refractivity contribution in [1.82, 2.24) is 9.62 Å². The predicted molar refractivity (Wildman–Crippen MR) is 124 cm³/mol. The maximum absolute atomic E-state index is 13.3. The summed E-state index contributed by atoms with van der Waals surface area (Å²) in [5, 5.41) is 3.20. The average Bonchev–Trinajstić information content (AvgIpc) is 2.84. The zero-order valence-corrected chi connectivity index (χ0v) is 19.9. The third-order valence-corrected chi connectivity index (χ3v) is 8.89. The molecule has 0 unspecified atom stereocenters. The molecule has 0 aromatic heterocycles. The molecule has 33 heavy (non-hydrogen) atoms. The number of sulfonamides is 1. The number of hydrogen-bond donors (Lipinski definition) is 1. The molecule has 2 aromatic carbocycles. The summed E-state index contributed by atoms with van der Waals surface area (Å²) in [4.78, 5) is 13.3. The van der Waals surface area contributed by atoms with Crippen LogP contribution in [0.25, 0.3) is 0 Å². The molecule has 8 heteroatoms. The summed E-state index contributed by atoms with van der Waals surface area (Å²) in [5.74, 6) is -0.280. The van der Waals surface area contributed by atoms with Gasteiger partial charge in [-0.1, -0.05) is 32.0 Å². The molecule has 1 fully saturated rings. The number of hydrogen-bond acceptors (Lipinski definition) is 4. The highest BCUT2D eigenvalue weighted by Gasteiger charge is 2.40. The van der Waals surface area contributed by atoms with E-state index in [1.807, 2.05) is 24.3 Å². The second-order valence-electron chi connectivity index (χ2n) is 8.95. The Labute approximate surface area is 195 Å². The van der Waals surface area contributed by atoms with Crippen LogP contribution in [-0.2, 0) is 14.8 Å². The van der Waals surface area contributed by atoms with Gasteiger partial charge in [-0.3, -0.25) is 4.79 Å². The minimum atomic E-state index is -3.79. The Morgan fingerprint density at radius 3 is 2.55 bits per heavy atom. The second kappa shape index (κ2) is 9.43. The topological polar surface area (TPSA) is 75.7 Å². The van der Waals surface area contributed by atoms with Crippen LogP contribution >= 0.6 is 0 Å². The standard InChI is InChI=1S/C25H31FN2O4S/c1-3-25(4-2)16-22(21-9-5-6-10-23(21)32-25)27-24(29)18-8-7-15-28(17-18)33(30,31)20-13-11-19(26)12-14-20/h5-6,9-14,18,22H,3-4,7-8,15-17H2,1-2H3,(H,27,29)/t18-,22+/m1/s1. The van der Waals surface area contributed by atoms with Crippen LogP contribution in [0, 0.1) is 11.7 Å². The first-order chi connectivity index (χ1) is 15.8. The molecule has 1 amide bonds. The average molecular weight is 475 g/mol. The number of benzene rings is 2. The summed E-state index contributed by atoms with van der Waals surface area (Å²) in [6.45, 7) is 4.65.